The third kappa shape index (κ3) is 6.41. The second-order valence-corrected chi connectivity index (χ2v) is 10.9. The summed E-state index contributed by atoms with van der Waals surface area (Å²) in [6.07, 6.45) is 3.19. The summed E-state index contributed by atoms with van der Waals surface area (Å²) in [6, 6.07) is 9.57. The molecule has 1 aromatic heterocycles. The molecule has 0 spiro atoms. The zero-order valence-corrected chi connectivity index (χ0v) is 21.3. The van der Waals surface area contributed by atoms with E-state index in [0.717, 1.165) is 10.6 Å². The maximum atomic E-state index is 12.7. The summed E-state index contributed by atoms with van der Waals surface area (Å²) in [5, 5.41) is 10.0. The lowest BCUT2D eigenvalue weighted by atomic mass is 9.97. The van der Waals surface area contributed by atoms with Crippen molar-refractivity contribution in [2.45, 2.75) is 77.4 Å². The van der Waals surface area contributed by atoms with E-state index in [4.69, 9.17) is 9.47 Å². The molecule has 35 heavy (non-hydrogen) atoms. The quantitative estimate of drug-likeness (QED) is 0.576. The number of carboxylic acids is 1. The summed E-state index contributed by atoms with van der Waals surface area (Å²) >= 11 is 0. The summed E-state index contributed by atoms with van der Waals surface area (Å²) in [6.45, 7) is 10.4. The number of ether oxygens (including phenoxy) is 2. The van der Waals surface area contributed by atoms with E-state index in [1.54, 1.807) is 54.1 Å². The van der Waals surface area contributed by atoms with Gasteiger partial charge in [-0.15, -0.1) is 0 Å². The number of carbonyl (C=O) groups excluding carboxylic acids is 2. The van der Waals surface area contributed by atoms with E-state index in [-0.39, 0.29) is 12.5 Å². The molecule has 2 unspecified atom stereocenters. The minimum absolute atomic E-state index is 0.0640. The van der Waals surface area contributed by atoms with Gasteiger partial charge in [0, 0.05) is 18.4 Å². The summed E-state index contributed by atoms with van der Waals surface area (Å²) in [7, 11) is 0. The van der Waals surface area contributed by atoms with Crippen LogP contribution >= 0.6 is 0 Å². The summed E-state index contributed by atoms with van der Waals surface area (Å²) in [4.78, 5) is 42.9. The molecular weight excluding hydrogens is 450 g/mol. The summed E-state index contributed by atoms with van der Waals surface area (Å²) in [5.74, 6) is -1.07. The Bertz CT molecular complexity index is 1040. The van der Waals surface area contributed by atoms with Crippen molar-refractivity contribution in [3.05, 3.63) is 48.5 Å². The maximum absolute atomic E-state index is 12.7. The molecule has 1 fully saturated rings. The number of aromatic nitrogens is 2. The molecule has 190 valence electrons. The van der Waals surface area contributed by atoms with Crippen LogP contribution in [-0.4, -0.2) is 55.5 Å². The number of imidazole rings is 1. The predicted molar refractivity (Wildman–Crippen MR) is 129 cm³/mol. The Balaban J connectivity index is 1.68. The lowest BCUT2D eigenvalue weighted by Gasteiger charge is -2.28. The minimum atomic E-state index is -1.07. The van der Waals surface area contributed by atoms with Crippen molar-refractivity contribution in [2.75, 3.05) is 6.54 Å². The molecule has 9 nitrogen and oxygen atoms in total. The topological polar surface area (TPSA) is 111 Å². The Hall–Kier alpha value is -3.36. The third-order valence-corrected chi connectivity index (χ3v) is 5.74. The number of amides is 2. The normalized spacial score (nSPS) is 19.7. The fourth-order valence-electron chi connectivity index (χ4n) is 4.04. The van der Waals surface area contributed by atoms with E-state index < -0.39 is 34.8 Å². The predicted octanol–water partition coefficient (Wildman–Crippen LogP) is 5.17. The Labute approximate surface area is 206 Å². The van der Waals surface area contributed by atoms with Crippen molar-refractivity contribution in [3.8, 4) is 5.69 Å². The number of imide groups is 1. The van der Waals surface area contributed by atoms with Crippen LogP contribution in [0, 0.1) is 5.92 Å². The van der Waals surface area contributed by atoms with E-state index in [2.05, 4.69) is 4.98 Å². The van der Waals surface area contributed by atoms with Gasteiger partial charge in [0.05, 0.1) is 12.0 Å². The van der Waals surface area contributed by atoms with Gasteiger partial charge < -0.3 is 19.1 Å². The van der Waals surface area contributed by atoms with Gasteiger partial charge in [-0.1, -0.05) is 18.2 Å². The van der Waals surface area contributed by atoms with Gasteiger partial charge >= 0.3 is 18.2 Å². The number of carbonyl (C=O) groups is 3. The largest absolute Gasteiger partial charge is 0.481 e. The molecule has 2 amide bonds. The molecular formula is C26H35N3O6. The second-order valence-electron chi connectivity index (χ2n) is 10.9. The minimum Gasteiger partial charge on any atom is -0.481 e. The lowest BCUT2D eigenvalue weighted by Crippen LogP contribution is -2.44. The van der Waals surface area contributed by atoms with Gasteiger partial charge in [-0.05, 0) is 78.9 Å². The first kappa shape index (κ1) is 26.2. The van der Waals surface area contributed by atoms with Crippen LogP contribution in [0.2, 0.25) is 0 Å². The standard InChI is InChI=1S/C26H35N3O6/c1-24(2,3)34-22(32)29(23(33)35-25(4,5)6)14-10-11-18-15-26(18,21(30)31)20-16-28(17-27-20)19-12-8-7-9-13-19/h7-9,12-13,16-18H,10-11,14-15H2,1-6H3,(H,30,31). The third-order valence-electron chi connectivity index (χ3n) is 5.74. The van der Waals surface area contributed by atoms with Gasteiger partial charge in [0.2, 0.25) is 0 Å². The molecule has 1 saturated carbocycles. The molecule has 1 heterocycles. The van der Waals surface area contributed by atoms with Gasteiger partial charge in [-0.3, -0.25) is 4.79 Å². The molecule has 1 aliphatic carbocycles. The van der Waals surface area contributed by atoms with Gasteiger partial charge in [0.25, 0.3) is 0 Å². The second kappa shape index (κ2) is 9.71. The highest BCUT2D eigenvalue weighted by Crippen LogP contribution is 2.56. The van der Waals surface area contributed by atoms with E-state index in [1.165, 1.54) is 0 Å². The molecule has 0 aliphatic heterocycles. The molecule has 1 aliphatic rings. The number of hydrogen-bond donors (Lipinski definition) is 1. The van der Waals surface area contributed by atoms with Crippen LogP contribution in [0.5, 0.6) is 0 Å². The van der Waals surface area contributed by atoms with Crippen molar-refractivity contribution in [1.82, 2.24) is 14.5 Å². The van der Waals surface area contributed by atoms with Crippen molar-refractivity contribution in [3.63, 3.8) is 0 Å². The van der Waals surface area contributed by atoms with Crippen LogP contribution in [0.15, 0.2) is 42.9 Å². The average molecular weight is 486 g/mol. The van der Waals surface area contributed by atoms with Gasteiger partial charge in [0.15, 0.2) is 0 Å². The van der Waals surface area contributed by atoms with Crippen LogP contribution in [0.25, 0.3) is 5.69 Å². The number of nitrogens with zero attached hydrogens (tertiary/aromatic N) is 3. The Morgan fingerprint density at radius 3 is 2.14 bits per heavy atom. The molecule has 9 heteroatoms. The molecule has 1 aromatic carbocycles. The highest BCUT2D eigenvalue weighted by Gasteiger charge is 2.62. The fourth-order valence-corrected chi connectivity index (χ4v) is 4.04. The van der Waals surface area contributed by atoms with Crippen molar-refractivity contribution >= 4 is 18.2 Å². The van der Waals surface area contributed by atoms with Gasteiger partial charge in [-0.2, -0.15) is 0 Å². The molecule has 0 bridgehead atoms. The van der Waals surface area contributed by atoms with Crippen LogP contribution in [0.4, 0.5) is 9.59 Å². The van der Waals surface area contributed by atoms with Gasteiger partial charge in [-0.25, -0.2) is 19.5 Å². The SMILES string of the molecule is CC(C)(C)OC(=O)N(CCCC1CC1(C(=O)O)c1cn(-c2ccccc2)cn1)C(=O)OC(C)(C)C. The number of benzene rings is 1. The monoisotopic (exact) mass is 485 g/mol. The molecule has 0 radical (unpaired) electrons. The van der Waals surface area contributed by atoms with Crippen molar-refractivity contribution < 1.29 is 29.0 Å². The first-order chi connectivity index (χ1) is 16.2. The molecule has 1 N–H and O–H groups in total. The first-order valence-corrected chi connectivity index (χ1v) is 11.8. The van der Waals surface area contributed by atoms with Crippen LogP contribution in [-0.2, 0) is 19.7 Å². The zero-order chi connectivity index (χ0) is 26.0. The molecule has 2 aromatic rings. The highest BCUT2D eigenvalue weighted by molar-refractivity contribution is 5.88. The smallest absolute Gasteiger partial charge is 0.419 e. The Morgan fingerprint density at radius 1 is 1.06 bits per heavy atom. The average Bonchev–Trinajstić information content (AvgIpc) is 3.25. The van der Waals surface area contributed by atoms with E-state index in [0.29, 0.717) is 25.0 Å². The molecule has 0 saturated heterocycles. The Kier molecular flexibility index (Phi) is 7.29. The molecule has 3 rings (SSSR count). The van der Waals surface area contributed by atoms with E-state index >= 15 is 0 Å². The fraction of sp³-hybridized carbons (Fsp3) is 0.538. The highest BCUT2D eigenvalue weighted by atomic mass is 16.6. The zero-order valence-electron chi connectivity index (χ0n) is 21.3. The number of para-hydroxylation sites is 1. The number of rotatable bonds is 7. The Morgan fingerprint density at radius 2 is 1.63 bits per heavy atom. The first-order valence-electron chi connectivity index (χ1n) is 11.8. The number of carboxylic acid groups (broad SMARTS) is 1. The number of hydrogen-bond acceptors (Lipinski definition) is 6. The van der Waals surface area contributed by atoms with Crippen molar-refractivity contribution in [2.24, 2.45) is 5.92 Å². The van der Waals surface area contributed by atoms with Crippen LogP contribution < -0.4 is 0 Å². The van der Waals surface area contributed by atoms with Gasteiger partial charge in [0.1, 0.15) is 16.6 Å². The maximum Gasteiger partial charge on any atom is 0.419 e. The van der Waals surface area contributed by atoms with E-state index in [9.17, 15) is 19.5 Å². The van der Waals surface area contributed by atoms with E-state index in [1.807, 2.05) is 34.9 Å². The van der Waals surface area contributed by atoms with Crippen LogP contribution in [0.1, 0.15) is 66.5 Å². The molecule has 2 atom stereocenters. The number of aliphatic carboxylic acids is 1. The van der Waals surface area contributed by atoms with Crippen LogP contribution in [0.3, 0.4) is 0 Å². The summed E-state index contributed by atoms with van der Waals surface area (Å²) < 4.78 is 12.6. The van der Waals surface area contributed by atoms with Crippen molar-refractivity contribution in [1.29, 1.82) is 0 Å². The summed E-state index contributed by atoms with van der Waals surface area (Å²) in [5.41, 5.74) is -1.21. The lowest BCUT2D eigenvalue weighted by molar-refractivity contribution is -0.140.